The number of benzene rings is 1. The van der Waals surface area contributed by atoms with E-state index >= 15 is 0 Å². The third-order valence-electron chi connectivity index (χ3n) is 2.27. The first-order chi connectivity index (χ1) is 9.17. The Hall–Kier alpha value is -1.14. The molecule has 0 saturated heterocycles. The Morgan fingerprint density at radius 2 is 2.16 bits per heavy atom. The molecule has 0 fully saturated rings. The summed E-state index contributed by atoms with van der Waals surface area (Å²) in [6, 6.07) is 4.71. The molecule has 0 spiro atoms. The van der Waals surface area contributed by atoms with E-state index in [0.29, 0.717) is 35.8 Å². The van der Waals surface area contributed by atoms with Crippen molar-refractivity contribution in [1.29, 1.82) is 0 Å². The van der Waals surface area contributed by atoms with E-state index in [1.54, 1.807) is 19.2 Å². The number of rotatable bonds is 9. The summed E-state index contributed by atoms with van der Waals surface area (Å²) in [5, 5.41) is 10.1. The van der Waals surface area contributed by atoms with Crippen LogP contribution in [0.4, 0.5) is 0 Å². The second-order valence-electron chi connectivity index (χ2n) is 3.83. The van der Waals surface area contributed by atoms with Crippen molar-refractivity contribution in [2.24, 2.45) is 0 Å². The van der Waals surface area contributed by atoms with E-state index in [2.05, 4.69) is 0 Å². The van der Waals surface area contributed by atoms with Crippen LogP contribution in [-0.2, 0) is 9.47 Å². The van der Waals surface area contributed by atoms with Gasteiger partial charge in [0, 0.05) is 12.1 Å². The van der Waals surface area contributed by atoms with Crippen molar-refractivity contribution in [3.63, 3.8) is 0 Å². The van der Waals surface area contributed by atoms with Crippen molar-refractivity contribution in [2.75, 3.05) is 33.5 Å². The fraction of sp³-hybridized carbons (Fsp3) is 0.462. The molecule has 1 aromatic rings. The van der Waals surface area contributed by atoms with Crippen LogP contribution in [0.5, 0.6) is 5.75 Å². The SMILES string of the molecule is COCCOCC(O)COc1ccc(Cl)cc1C=O. The molecule has 5 nitrogen and oxygen atoms in total. The fourth-order valence-corrected chi connectivity index (χ4v) is 1.52. The van der Waals surface area contributed by atoms with Gasteiger partial charge in [-0.3, -0.25) is 4.79 Å². The van der Waals surface area contributed by atoms with E-state index in [1.807, 2.05) is 0 Å². The summed E-state index contributed by atoms with van der Waals surface area (Å²) in [6.07, 6.45) is -0.116. The summed E-state index contributed by atoms with van der Waals surface area (Å²) >= 11 is 5.76. The molecule has 106 valence electrons. The first-order valence-corrected chi connectivity index (χ1v) is 6.17. The number of ether oxygens (including phenoxy) is 3. The summed E-state index contributed by atoms with van der Waals surface area (Å²) in [5.74, 6) is 0.385. The van der Waals surface area contributed by atoms with Gasteiger partial charge in [0.2, 0.25) is 0 Å². The molecular weight excluding hydrogens is 272 g/mol. The minimum atomic E-state index is -0.771. The van der Waals surface area contributed by atoms with Gasteiger partial charge in [-0.1, -0.05) is 11.6 Å². The van der Waals surface area contributed by atoms with Crippen molar-refractivity contribution in [3.05, 3.63) is 28.8 Å². The van der Waals surface area contributed by atoms with Crippen molar-refractivity contribution >= 4 is 17.9 Å². The van der Waals surface area contributed by atoms with Crippen LogP contribution in [0.1, 0.15) is 10.4 Å². The minimum Gasteiger partial charge on any atom is -0.490 e. The van der Waals surface area contributed by atoms with Gasteiger partial charge in [-0.15, -0.1) is 0 Å². The summed E-state index contributed by atoms with van der Waals surface area (Å²) in [5.41, 5.74) is 0.347. The molecule has 0 radical (unpaired) electrons. The zero-order chi connectivity index (χ0) is 14.1. The van der Waals surface area contributed by atoms with E-state index in [9.17, 15) is 9.90 Å². The lowest BCUT2D eigenvalue weighted by atomic mass is 10.2. The smallest absolute Gasteiger partial charge is 0.153 e. The fourth-order valence-electron chi connectivity index (χ4n) is 1.34. The van der Waals surface area contributed by atoms with E-state index in [4.69, 9.17) is 25.8 Å². The number of hydrogen-bond acceptors (Lipinski definition) is 5. The highest BCUT2D eigenvalue weighted by Gasteiger charge is 2.08. The molecule has 0 amide bonds. The molecule has 0 aliphatic rings. The zero-order valence-corrected chi connectivity index (χ0v) is 11.4. The number of carbonyl (C=O) groups excluding carboxylic acids is 1. The molecule has 19 heavy (non-hydrogen) atoms. The molecule has 1 atom stereocenters. The largest absolute Gasteiger partial charge is 0.490 e. The van der Waals surface area contributed by atoms with E-state index in [1.165, 1.54) is 6.07 Å². The molecule has 0 aliphatic heterocycles. The van der Waals surface area contributed by atoms with Crippen LogP contribution >= 0.6 is 11.6 Å². The highest BCUT2D eigenvalue weighted by atomic mass is 35.5. The maximum Gasteiger partial charge on any atom is 0.153 e. The van der Waals surface area contributed by atoms with Crippen LogP contribution in [0.3, 0.4) is 0 Å². The van der Waals surface area contributed by atoms with Crippen molar-refractivity contribution in [3.8, 4) is 5.75 Å². The van der Waals surface area contributed by atoms with E-state index in [-0.39, 0.29) is 13.2 Å². The maximum atomic E-state index is 10.8. The number of carbonyl (C=O) groups is 1. The predicted octanol–water partition coefficient (Wildman–Crippen LogP) is 1.56. The molecule has 0 bridgehead atoms. The van der Waals surface area contributed by atoms with Gasteiger partial charge in [-0.2, -0.15) is 0 Å². The lowest BCUT2D eigenvalue weighted by Gasteiger charge is -2.13. The van der Waals surface area contributed by atoms with Crippen LogP contribution in [0.25, 0.3) is 0 Å². The average molecular weight is 289 g/mol. The molecule has 1 rings (SSSR count). The molecule has 6 heteroatoms. The highest BCUT2D eigenvalue weighted by Crippen LogP contribution is 2.21. The Labute approximate surface area is 117 Å². The van der Waals surface area contributed by atoms with Crippen LogP contribution in [0.2, 0.25) is 5.02 Å². The number of halogens is 1. The Balaban J connectivity index is 2.37. The van der Waals surface area contributed by atoms with Gasteiger partial charge in [0.05, 0.1) is 25.4 Å². The zero-order valence-electron chi connectivity index (χ0n) is 10.7. The Bertz CT molecular complexity index is 397. The maximum absolute atomic E-state index is 10.8. The van der Waals surface area contributed by atoms with Crippen molar-refractivity contribution in [1.82, 2.24) is 0 Å². The third kappa shape index (κ3) is 6.02. The minimum absolute atomic E-state index is 0.0372. The van der Waals surface area contributed by atoms with Gasteiger partial charge in [-0.05, 0) is 18.2 Å². The Morgan fingerprint density at radius 3 is 2.84 bits per heavy atom. The van der Waals surface area contributed by atoms with Gasteiger partial charge < -0.3 is 19.3 Å². The van der Waals surface area contributed by atoms with Crippen LogP contribution in [0.15, 0.2) is 18.2 Å². The second kappa shape index (κ2) is 8.87. The van der Waals surface area contributed by atoms with Gasteiger partial charge in [0.1, 0.15) is 18.5 Å². The molecule has 0 heterocycles. The third-order valence-corrected chi connectivity index (χ3v) is 2.51. The lowest BCUT2D eigenvalue weighted by molar-refractivity contribution is -0.00426. The number of aliphatic hydroxyl groups excluding tert-OH is 1. The van der Waals surface area contributed by atoms with Crippen LogP contribution < -0.4 is 4.74 Å². The summed E-state index contributed by atoms with van der Waals surface area (Å²) in [4.78, 5) is 10.8. The number of aliphatic hydroxyl groups is 1. The van der Waals surface area contributed by atoms with Gasteiger partial charge in [-0.25, -0.2) is 0 Å². The predicted molar refractivity (Wildman–Crippen MR) is 71.0 cm³/mol. The van der Waals surface area contributed by atoms with E-state index < -0.39 is 6.10 Å². The van der Waals surface area contributed by atoms with E-state index in [0.717, 1.165) is 0 Å². The molecule has 0 aromatic heterocycles. The summed E-state index contributed by atoms with van der Waals surface area (Å²) in [7, 11) is 1.57. The van der Waals surface area contributed by atoms with Crippen LogP contribution in [0, 0.1) is 0 Å². The monoisotopic (exact) mass is 288 g/mol. The second-order valence-corrected chi connectivity index (χ2v) is 4.27. The first-order valence-electron chi connectivity index (χ1n) is 5.79. The van der Waals surface area contributed by atoms with Gasteiger partial charge >= 0.3 is 0 Å². The van der Waals surface area contributed by atoms with Gasteiger partial charge in [0.25, 0.3) is 0 Å². The van der Waals surface area contributed by atoms with Crippen LogP contribution in [-0.4, -0.2) is 51.0 Å². The molecule has 1 N–H and O–H groups in total. The highest BCUT2D eigenvalue weighted by molar-refractivity contribution is 6.30. The molecule has 1 aromatic carbocycles. The number of methoxy groups -OCH3 is 1. The standard InChI is InChI=1S/C13H17ClO5/c1-17-4-5-18-8-12(16)9-19-13-3-2-11(14)6-10(13)7-15/h2-3,6-7,12,16H,4-5,8-9H2,1H3. The number of hydrogen-bond donors (Lipinski definition) is 1. The molecule has 0 aliphatic carbocycles. The molecule has 0 saturated carbocycles. The normalized spacial score (nSPS) is 12.2. The molecular formula is C13H17ClO5. The van der Waals surface area contributed by atoms with Crippen molar-refractivity contribution in [2.45, 2.75) is 6.10 Å². The Morgan fingerprint density at radius 1 is 1.37 bits per heavy atom. The topological polar surface area (TPSA) is 65.0 Å². The average Bonchev–Trinajstić information content (AvgIpc) is 2.42. The summed E-state index contributed by atoms with van der Waals surface area (Å²) in [6.45, 7) is 1.07. The quantitative estimate of drug-likeness (QED) is 0.552. The van der Waals surface area contributed by atoms with Crippen molar-refractivity contribution < 1.29 is 24.1 Å². The Kier molecular flexibility index (Phi) is 7.43. The molecule has 1 unspecified atom stereocenters. The lowest BCUT2D eigenvalue weighted by Crippen LogP contribution is -2.24. The number of aldehydes is 1. The summed E-state index contributed by atoms with van der Waals surface area (Å²) < 4.78 is 15.3. The van der Waals surface area contributed by atoms with Gasteiger partial charge in [0.15, 0.2) is 6.29 Å². The first kappa shape index (κ1) is 15.9.